The predicted octanol–water partition coefficient (Wildman–Crippen LogP) is 3.74. The summed E-state index contributed by atoms with van der Waals surface area (Å²) >= 11 is 11.1. The van der Waals surface area contributed by atoms with Gasteiger partial charge in [0.05, 0.1) is 6.04 Å². The molecule has 0 saturated heterocycles. The lowest BCUT2D eigenvalue weighted by Crippen LogP contribution is -2.33. The van der Waals surface area contributed by atoms with Crippen LogP contribution >= 0.6 is 23.8 Å². The van der Waals surface area contributed by atoms with E-state index >= 15 is 0 Å². The molecule has 5 nitrogen and oxygen atoms in total. The number of rotatable bonds is 5. The van der Waals surface area contributed by atoms with Crippen LogP contribution in [0.15, 0.2) is 24.3 Å². The van der Waals surface area contributed by atoms with Crippen molar-refractivity contribution in [1.29, 1.82) is 0 Å². The third-order valence-electron chi connectivity index (χ3n) is 3.44. The van der Waals surface area contributed by atoms with Gasteiger partial charge in [-0.1, -0.05) is 25.4 Å². The minimum atomic E-state index is -0.226. The summed E-state index contributed by atoms with van der Waals surface area (Å²) in [6.07, 6.45) is 0. The first-order chi connectivity index (χ1) is 10.4. The first-order valence-corrected chi connectivity index (χ1v) is 7.94. The highest BCUT2D eigenvalue weighted by Crippen LogP contribution is 2.21. The number of nitrogens with one attached hydrogen (secondary N) is 2. The standard InChI is InChI=1S/C15H19ClN4OS/c1-4-20-13(18-19-15(20)22)12(9(2)3)17-14(21)10-5-7-11(16)8-6-10/h5-9,12H,4H2,1-3H3,(H,17,21)(H,19,22)/t12-/m1/s1. The van der Waals surface area contributed by atoms with Gasteiger partial charge in [0, 0.05) is 17.1 Å². The van der Waals surface area contributed by atoms with Crippen molar-refractivity contribution in [3.05, 3.63) is 45.4 Å². The van der Waals surface area contributed by atoms with Crippen molar-refractivity contribution in [2.24, 2.45) is 5.92 Å². The highest BCUT2D eigenvalue weighted by molar-refractivity contribution is 7.71. The molecular formula is C15H19ClN4OS. The van der Waals surface area contributed by atoms with Crippen LogP contribution in [0.25, 0.3) is 0 Å². The topological polar surface area (TPSA) is 62.7 Å². The Morgan fingerprint density at radius 2 is 2.05 bits per heavy atom. The Balaban J connectivity index is 2.27. The van der Waals surface area contributed by atoms with E-state index in [1.54, 1.807) is 24.3 Å². The van der Waals surface area contributed by atoms with E-state index in [1.165, 1.54) is 0 Å². The number of halogens is 1. The summed E-state index contributed by atoms with van der Waals surface area (Å²) in [5, 5.41) is 10.7. The van der Waals surface area contributed by atoms with Crippen LogP contribution in [0.2, 0.25) is 5.02 Å². The van der Waals surface area contributed by atoms with E-state index in [-0.39, 0.29) is 17.9 Å². The van der Waals surface area contributed by atoms with Crippen LogP contribution in [0, 0.1) is 10.7 Å². The normalized spacial score (nSPS) is 12.4. The summed E-state index contributed by atoms with van der Waals surface area (Å²) in [4.78, 5) is 12.4. The van der Waals surface area contributed by atoms with E-state index < -0.39 is 0 Å². The number of amides is 1. The maximum atomic E-state index is 12.4. The quantitative estimate of drug-likeness (QED) is 0.816. The molecule has 1 aromatic carbocycles. The highest BCUT2D eigenvalue weighted by Gasteiger charge is 2.24. The first kappa shape index (κ1) is 16.7. The number of aromatic amines is 1. The average Bonchev–Trinajstić information content (AvgIpc) is 2.85. The minimum Gasteiger partial charge on any atom is -0.342 e. The highest BCUT2D eigenvalue weighted by atomic mass is 35.5. The number of carbonyl (C=O) groups is 1. The monoisotopic (exact) mass is 338 g/mol. The third kappa shape index (κ3) is 3.56. The summed E-state index contributed by atoms with van der Waals surface area (Å²) < 4.78 is 2.45. The van der Waals surface area contributed by atoms with Crippen molar-refractivity contribution in [2.45, 2.75) is 33.4 Å². The van der Waals surface area contributed by atoms with Crippen LogP contribution in [0.1, 0.15) is 43.0 Å². The summed E-state index contributed by atoms with van der Waals surface area (Å²) in [5.74, 6) is 0.753. The van der Waals surface area contributed by atoms with Gasteiger partial charge in [0.1, 0.15) is 0 Å². The molecule has 1 aromatic heterocycles. The SMILES string of the molecule is CCn1c([C@H](NC(=O)c2ccc(Cl)cc2)C(C)C)n[nH]c1=S. The molecule has 1 heterocycles. The lowest BCUT2D eigenvalue weighted by atomic mass is 10.0. The van der Waals surface area contributed by atoms with Crippen molar-refractivity contribution in [3.63, 3.8) is 0 Å². The number of hydrogen-bond acceptors (Lipinski definition) is 3. The molecule has 0 radical (unpaired) electrons. The minimum absolute atomic E-state index is 0.160. The molecule has 118 valence electrons. The summed E-state index contributed by atoms with van der Waals surface area (Å²) in [6, 6.07) is 6.57. The maximum absolute atomic E-state index is 12.4. The fraction of sp³-hybridized carbons (Fsp3) is 0.400. The molecule has 0 spiro atoms. The maximum Gasteiger partial charge on any atom is 0.251 e. The number of benzene rings is 1. The predicted molar refractivity (Wildman–Crippen MR) is 89.6 cm³/mol. The molecule has 0 aliphatic heterocycles. The molecular weight excluding hydrogens is 320 g/mol. The Hall–Kier alpha value is -1.66. The summed E-state index contributed by atoms with van der Waals surface area (Å²) in [6.45, 7) is 6.76. The van der Waals surface area contributed by atoms with Crippen molar-refractivity contribution in [1.82, 2.24) is 20.1 Å². The number of aromatic nitrogens is 3. The van der Waals surface area contributed by atoms with Crippen molar-refractivity contribution in [3.8, 4) is 0 Å². The van der Waals surface area contributed by atoms with Crippen molar-refractivity contribution >= 4 is 29.7 Å². The number of nitrogens with zero attached hydrogens (tertiary/aromatic N) is 2. The van der Waals surface area contributed by atoms with Gasteiger partial charge in [-0.2, -0.15) is 5.10 Å². The molecule has 0 saturated carbocycles. The summed E-state index contributed by atoms with van der Waals surface area (Å²) in [5.41, 5.74) is 0.562. The van der Waals surface area contributed by atoms with Crippen molar-refractivity contribution < 1.29 is 4.79 Å². The third-order valence-corrected chi connectivity index (χ3v) is 4.01. The van der Waals surface area contributed by atoms with Gasteiger partial charge < -0.3 is 9.88 Å². The number of hydrogen-bond donors (Lipinski definition) is 2. The molecule has 1 atom stereocenters. The second-order valence-electron chi connectivity index (χ2n) is 5.33. The Morgan fingerprint density at radius 1 is 1.41 bits per heavy atom. The van der Waals surface area contributed by atoms with E-state index in [0.29, 0.717) is 21.9 Å². The van der Waals surface area contributed by atoms with E-state index in [1.807, 2.05) is 25.3 Å². The van der Waals surface area contributed by atoms with Crippen LogP contribution in [-0.4, -0.2) is 20.7 Å². The van der Waals surface area contributed by atoms with Gasteiger partial charge >= 0.3 is 0 Å². The van der Waals surface area contributed by atoms with Crippen molar-refractivity contribution in [2.75, 3.05) is 0 Å². The van der Waals surface area contributed by atoms with Gasteiger partial charge in [0.2, 0.25) is 0 Å². The Bertz CT molecular complexity index is 705. The largest absolute Gasteiger partial charge is 0.342 e. The van der Waals surface area contributed by atoms with Gasteiger partial charge in [0.25, 0.3) is 5.91 Å². The van der Waals surface area contributed by atoms with Crippen LogP contribution in [-0.2, 0) is 6.54 Å². The van der Waals surface area contributed by atoms with Gasteiger partial charge in [-0.25, -0.2) is 0 Å². The first-order valence-electron chi connectivity index (χ1n) is 7.15. The lowest BCUT2D eigenvalue weighted by molar-refractivity contribution is 0.0922. The van der Waals surface area contributed by atoms with Crippen LogP contribution in [0.5, 0.6) is 0 Å². The molecule has 7 heteroatoms. The fourth-order valence-electron chi connectivity index (χ4n) is 2.23. The zero-order valence-electron chi connectivity index (χ0n) is 12.8. The molecule has 1 amide bonds. The van der Waals surface area contributed by atoms with Crippen LogP contribution in [0.3, 0.4) is 0 Å². The Labute approximate surface area is 139 Å². The van der Waals surface area contributed by atoms with Gasteiger partial charge in [-0.15, -0.1) is 0 Å². The molecule has 2 aromatic rings. The van der Waals surface area contributed by atoms with E-state index in [0.717, 1.165) is 5.82 Å². The zero-order valence-corrected chi connectivity index (χ0v) is 14.3. The zero-order chi connectivity index (χ0) is 16.3. The van der Waals surface area contributed by atoms with Gasteiger partial charge in [-0.05, 0) is 49.3 Å². The molecule has 0 unspecified atom stereocenters. The van der Waals surface area contributed by atoms with Crippen LogP contribution in [0.4, 0.5) is 0 Å². The number of carbonyl (C=O) groups excluding carboxylic acids is 1. The molecule has 2 N–H and O–H groups in total. The van der Waals surface area contributed by atoms with Gasteiger partial charge in [-0.3, -0.25) is 9.89 Å². The molecule has 22 heavy (non-hydrogen) atoms. The summed E-state index contributed by atoms with van der Waals surface area (Å²) in [7, 11) is 0. The van der Waals surface area contributed by atoms with Gasteiger partial charge in [0.15, 0.2) is 10.6 Å². The second-order valence-corrected chi connectivity index (χ2v) is 6.16. The average molecular weight is 339 g/mol. The Kier molecular flexibility index (Phi) is 5.37. The smallest absolute Gasteiger partial charge is 0.251 e. The fourth-order valence-corrected chi connectivity index (χ4v) is 2.62. The number of H-pyrrole nitrogens is 1. The second kappa shape index (κ2) is 7.07. The van der Waals surface area contributed by atoms with E-state index in [4.69, 9.17) is 23.8 Å². The van der Waals surface area contributed by atoms with Crippen LogP contribution < -0.4 is 5.32 Å². The molecule has 2 rings (SSSR count). The molecule has 0 aliphatic rings. The lowest BCUT2D eigenvalue weighted by Gasteiger charge is -2.22. The molecule has 0 aliphatic carbocycles. The Morgan fingerprint density at radius 3 is 2.59 bits per heavy atom. The van der Waals surface area contributed by atoms with E-state index in [2.05, 4.69) is 15.5 Å². The van der Waals surface area contributed by atoms with E-state index in [9.17, 15) is 4.79 Å². The molecule has 0 bridgehead atoms. The molecule has 0 fully saturated rings.